The molecule has 2 unspecified atom stereocenters. The summed E-state index contributed by atoms with van der Waals surface area (Å²) in [6, 6.07) is 9.52. The molecule has 1 saturated heterocycles. The molecule has 6 nitrogen and oxygen atoms in total. The minimum Gasteiger partial charge on any atom is -0.477 e. The molecule has 0 spiro atoms. The van der Waals surface area contributed by atoms with Crippen molar-refractivity contribution in [3.8, 4) is 0 Å². The van der Waals surface area contributed by atoms with Gasteiger partial charge in [-0.05, 0) is 0 Å². The lowest BCUT2D eigenvalue weighted by atomic mass is 10.0. The van der Waals surface area contributed by atoms with Crippen molar-refractivity contribution < 1.29 is 19.2 Å². The number of carboxylic acid groups (broad SMARTS) is 1. The largest absolute Gasteiger partial charge is 0.477 e. The van der Waals surface area contributed by atoms with Crippen LogP contribution in [0.2, 0.25) is 0 Å². The van der Waals surface area contributed by atoms with Crippen molar-refractivity contribution in [1.29, 1.82) is 0 Å². The van der Waals surface area contributed by atoms with Gasteiger partial charge in [-0.1, -0.05) is 30.3 Å². The summed E-state index contributed by atoms with van der Waals surface area (Å²) in [5.74, 6) is -0.744. The molecule has 1 aromatic rings. The van der Waals surface area contributed by atoms with E-state index in [1.165, 1.54) is 10.5 Å². The van der Waals surface area contributed by atoms with Crippen LogP contribution in [-0.4, -0.2) is 64.2 Å². The highest BCUT2D eigenvalue weighted by Crippen LogP contribution is 2.39. The lowest BCUT2D eigenvalue weighted by Gasteiger charge is -2.48. The van der Waals surface area contributed by atoms with Crippen LogP contribution in [0.3, 0.4) is 0 Å². The predicted molar refractivity (Wildman–Crippen MR) is 92.9 cm³/mol. The highest BCUT2D eigenvalue weighted by Gasteiger charge is 2.52. The van der Waals surface area contributed by atoms with E-state index in [0.717, 1.165) is 12.1 Å². The number of carbonyl (C=O) groups excluding carboxylic acids is 1. The third kappa shape index (κ3) is 3.07. The van der Waals surface area contributed by atoms with Gasteiger partial charge in [-0.25, -0.2) is 4.79 Å². The number of quaternary nitrogens is 1. The van der Waals surface area contributed by atoms with Crippen LogP contribution in [0.15, 0.2) is 41.6 Å². The van der Waals surface area contributed by atoms with E-state index in [1.807, 2.05) is 18.2 Å². The number of hydrogen-bond acceptors (Lipinski definition) is 4. The molecule has 3 rings (SSSR count). The van der Waals surface area contributed by atoms with Gasteiger partial charge < -0.3 is 15.3 Å². The molecule has 2 atom stereocenters. The van der Waals surface area contributed by atoms with E-state index in [-0.39, 0.29) is 17.0 Å². The number of hydrogen-bond donors (Lipinski definition) is 2. The number of fused-ring (bicyclic) bond motifs is 1. The van der Waals surface area contributed by atoms with Crippen LogP contribution in [-0.2, 0) is 16.1 Å². The molecular formula is C17H22N3O3S+. The van der Waals surface area contributed by atoms with Crippen molar-refractivity contribution in [2.24, 2.45) is 5.73 Å². The second-order valence-electron chi connectivity index (χ2n) is 6.93. The van der Waals surface area contributed by atoms with Crippen LogP contribution in [0.4, 0.5) is 0 Å². The zero-order valence-corrected chi connectivity index (χ0v) is 14.6. The standard InChI is InChI=1S/C17H21N3O3S/c1-20(2,8-11-6-4-3-5-7-11)9-12-10-24-16-13(18)15(21)19(16)14(12)17(22)23/h3-7,13,16H,8-10,18H2,1-2H3/p+1. The Bertz CT molecular complexity index is 702. The zero-order valence-electron chi connectivity index (χ0n) is 13.8. The van der Waals surface area contributed by atoms with E-state index < -0.39 is 12.0 Å². The molecule has 2 heterocycles. The first-order chi connectivity index (χ1) is 11.3. The molecule has 24 heavy (non-hydrogen) atoms. The van der Waals surface area contributed by atoms with Crippen molar-refractivity contribution in [3.63, 3.8) is 0 Å². The summed E-state index contributed by atoms with van der Waals surface area (Å²) in [4.78, 5) is 25.1. The van der Waals surface area contributed by atoms with Crippen molar-refractivity contribution in [3.05, 3.63) is 47.2 Å². The highest BCUT2D eigenvalue weighted by atomic mass is 32.2. The second-order valence-corrected chi connectivity index (χ2v) is 8.04. The highest BCUT2D eigenvalue weighted by molar-refractivity contribution is 8.00. The molecule has 0 aromatic heterocycles. The number of benzene rings is 1. The van der Waals surface area contributed by atoms with Gasteiger partial charge in [-0.2, -0.15) is 0 Å². The van der Waals surface area contributed by atoms with Gasteiger partial charge in [0.1, 0.15) is 30.2 Å². The Kier molecular flexibility index (Phi) is 4.42. The fraction of sp³-hybridized carbons (Fsp3) is 0.412. The summed E-state index contributed by atoms with van der Waals surface area (Å²) in [5, 5.41) is 9.37. The fourth-order valence-corrected chi connectivity index (χ4v) is 4.63. The van der Waals surface area contributed by atoms with Crippen molar-refractivity contribution in [1.82, 2.24) is 4.90 Å². The van der Waals surface area contributed by atoms with Crippen molar-refractivity contribution >= 4 is 23.6 Å². The number of amides is 1. The zero-order chi connectivity index (χ0) is 17.5. The van der Waals surface area contributed by atoms with Crippen LogP contribution >= 0.6 is 11.8 Å². The summed E-state index contributed by atoms with van der Waals surface area (Å²) in [6.45, 7) is 1.37. The maximum Gasteiger partial charge on any atom is 0.352 e. The number of nitrogens with zero attached hydrogens (tertiary/aromatic N) is 2. The molecule has 7 heteroatoms. The Labute approximate surface area is 145 Å². The molecule has 0 bridgehead atoms. The smallest absolute Gasteiger partial charge is 0.352 e. The molecule has 1 aromatic carbocycles. The number of β-lactam (4-membered cyclic amide) rings is 1. The molecule has 2 aliphatic rings. The quantitative estimate of drug-likeness (QED) is 0.609. The lowest BCUT2D eigenvalue weighted by molar-refractivity contribution is -0.899. The molecule has 3 N–H and O–H groups in total. The summed E-state index contributed by atoms with van der Waals surface area (Å²) < 4.78 is 0.620. The Morgan fingerprint density at radius 1 is 1.33 bits per heavy atom. The summed E-state index contributed by atoms with van der Waals surface area (Å²) in [7, 11) is 4.14. The molecule has 0 radical (unpaired) electrons. The SMILES string of the molecule is C[N+](C)(CC1=C(C(=O)O)N2C(=O)C(N)C2SC1)Cc1ccccc1. The van der Waals surface area contributed by atoms with E-state index in [1.54, 1.807) is 11.8 Å². The minimum atomic E-state index is -1.05. The monoisotopic (exact) mass is 348 g/mol. The summed E-state index contributed by atoms with van der Waals surface area (Å²) in [5.41, 5.74) is 7.91. The van der Waals surface area contributed by atoms with Gasteiger partial charge in [-0.3, -0.25) is 9.69 Å². The third-order valence-electron chi connectivity index (χ3n) is 4.36. The lowest BCUT2D eigenvalue weighted by Crippen LogP contribution is -2.68. The Morgan fingerprint density at radius 3 is 2.62 bits per heavy atom. The van der Waals surface area contributed by atoms with E-state index in [4.69, 9.17) is 5.73 Å². The molecule has 1 fully saturated rings. The first kappa shape index (κ1) is 17.0. The van der Waals surface area contributed by atoms with Gasteiger partial charge in [-0.15, -0.1) is 11.8 Å². The maximum atomic E-state index is 12.0. The molecule has 2 aliphatic heterocycles. The van der Waals surface area contributed by atoms with Crippen LogP contribution in [0.1, 0.15) is 5.56 Å². The van der Waals surface area contributed by atoms with E-state index in [2.05, 4.69) is 26.2 Å². The topological polar surface area (TPSA) is 83.6 Å². The van der Waals surface area contributed by atoms with Gasteiger partial charge in [0.2, 0.25) is 5.91 Å². The maximum absolute atomic E-state index is 12.0. The predicted octanol–water partition coefficient (Wildman–Crippen LogP) is 0.844. The normalized spacial score (nSPS) is 23.8. The van der Waals surface area contributed by atoms with E-state index in [9.17, 15) is 14.7 Å². The number of thioether (sulfide) groups is 1. The number of likely N-dealkylation sites (N-methyl/N-ethyl adjacent to an activating group) is 1. The molecule has 0 aliphatic carbocycles. The van der Waals surface area contributed by atoms with Crippen molar-refractivity contribution in [2.45, 2.75) is 18.0 Å². The van der Waals surface area contributed by atoms with Gasteiger partial charge in [0.25, 0.3) is 0 Å². The van der Waals surface area contributed by atoms with Crippen LogP contribution in [0, 0.1) is 0 Å². The molecule has 0 saturated carbocycles. The van der Waals surface area contributed by atoms with Gasteiger partial charge >= 0.3 is 5.97 Å². The summed E-state index contributed by atoms with van der Waals surface area (Å²) in [6.07, 6.45) is 0. The number of carbonyl (C=O) groups is 2. The number of nitrogens with two attached hydrogens (primary N) is 1. The van der Waals surface area contributed by atoms with E-state index in [0.29, 0.717) is 16.8 Å². The number of aliphatic carboxylic acids is 1. The Morgan fingerprint density at radius 2 is 2.00 bits per heavy atom. The Hall–Kier alpha value is -1.83. The summed E-state index contributed by atoms with van der Waals surface area (Å²) >= 11 is 1.55. The Balaban J connectivity index is 1.84. The van der Waals surface area contributed by atoms with Crippen LogP contribution in [0.5, 0.6) is 0 Å². The van der Waals surface area contributed by atoms with Crippen LogP contribution < -0.4 is 5.73 Å². The van der Waals surface area contributed by atoms with Gasteiger partial charge in [0.05, 0.1) is 14.1 Å². The molecule has 128 valence electrons. The number of rotatable bonds is 5. The second kappa shape index (κ2) is 6.23. The van der Waals surface area contributed by atoms with Crippen molar-refractivity contribution in [2.75, 3.05) is 26.4 Å². The van der Waals surface area contributed by atoms with Crippen LogP contribution in [0.25, 0.3) is 0 Å². The minimum absolute atomic E-state index is 0.129. The van der Waals surface area contributed by atoms with Gasteiger partial charge in [0, 0.05) is 16.9 Å². The first-order valence-corrected chi connectivity index (χ1v) is 8.86. The fourth-order valence-electron chi connectivity index (χ4n) is 3.35. The first-order valence-electron chi connectivity index (χ1n) is 7.82. The number of carboxylic acids is 1. The van der Waals surface area contributed by atoms with Gasteiger partial charge in [0.15, 0.2) is 0 Å². The average Bonchev–Trinajstić information content (AvgIpc) is 2.53. The molecule has 1 amide bonds. The third-order valence-corrected chi connectivity index (χ3v) is 5.72. The van der Waals surface area contributed by atoms with E-state index >= 15 is 0 Å². The average molecular weight is 348 g/mol. The molecular weight excluding hydrogens is 326 g/mol.